The van der Waals surface area contributed by atoms with E-state index in [9.17, 15) is 24.9 Å². The number of aliphatic hydroxyl groups is 3. The fourth-order valence-corrected chi connectivity index (χ4v) is 5.82. The van der Waals surface area contributed by atoms with E-state index in [1.54, 1.807) is 0 Å². The summed E-state index contributed by atoms with van der Waals surface area (Å²) in [6, 6.07) is 2.78. The van der Waals surface area contributed by atoms with Crippen LogP contribution in [0, 0.1) is 18.4 Å². The highest BCUT2D eigenvalue weighted by Gasteiger charge is 2.54. The maximum absolute atomic E-state index is 12.1. The topological polar surface area (TPSA) is 125 Å². The van der Waals surface area contributed by atoms with E-state index in [1.165, 1.54) is 13.1 Å². The molecule has 9 heteroatoms. The molecule has 0 bridgehead atoms. The van der Waals surface area contributed by atoms with Crippen LogP contribution in [-0.4, -0.2) is 57.4 Å². The zero-order chi connectivity index (χ0) is 20.4. The zero-order valence-electron chi connectivity index (χ0n) is 16.2. The average Bonchev–Trinajstić information content (AvgIpc) is 2.92. The molecule has 1 saturated heterocycles. The van der Waals surface area contributed by atoms with Crippen molar-refractivity contribution in [2.75, 3.05) is 6.61 Å². The molecule has 4 atom stereocenters. The maximum Gasteiger partial charge on any atom is 0.330 e. The van der Waals surface area contributed by atoms with Crippen molar-refractivity contribution < 1.29 is 20.1 Å². The zero-order valence-corrected chi connectivity index (χ0v) is 17.2. The second kappa shape index (κ2) is 8.12. The molecule has 0 unspecified atom stereocenters. The third kappa shape index (κ3) is 3.81. The van der Waals surface area contributed by atoms with E-state index in [2.05, 4.69) is 37.2 Å². The lowest BCUT2D eigenvalue weighted by Crippen LogP contribution is -2.46. The Kier molecular flexibility index (Phi) is 6.50. The molecule has 150 valence electrons. The van der Waals surface area contributed by atoms with E-state index in [0.29, 0.717) is 0 Å². The smallest absolute Gasteiger partial charge is 0.330 e. The van der Waals surface area contributed by atoms with Gasteiger partial charge in [0.2, 0.25) is 0 Å². The van der Waals surface area contributed by atoms with Crippen LogP contribution < -0.4 is 11.2 Å². The summed E-state index contributed by atoms with van der Waals surface area (Å²) in [7, 11) is -1.89. The van der Waals surface area contributed by atoms with Gasteiger partial charge in [-0.3, -0.25) is 14.3 Å². The quantitative estimate of drug-likeness (QED) is 0.406. The summed E-state index contributed by atoms with van der Waals surface area (Å²) in [4.78, 5) is 25.8. The van der Waals surface area contributed by atoms with E-state index in [1.807, 2.05) is 0 Å². The minimum absolute atomic E-state index is 0.252. The van der Waals surface area contributed by atoms with Crippen LogP contribution in [0.15, 0.2) is 15.8 Å². The Bertz CT molecular complexity index is 842. The number of hydrogen-bond donors (Lipinski definition) is 4. The highest BCUT2D eigenvalue weighted by molar-refractivity contribution is 6.87. The molecule has 2 heterocycles. The van der Waals surface area contributed by atoms with E-state index in [0.717, 1.165) is 22.7 Å². The van der Waals surface area contributed by atoms with Crippen LogP contribution in [-0.2, 0) is 4.74 Å². The lowest BCUT2D eigenvalue weighted by molar-refractivity contribution is -0.0937. The summed E-state index contributed by atoms with van der Waals surface area (Å²) >= 11 is 0. The second-order valence-electron chi connectivity index (χ2n) is 7.06. The molecule has 1 aliphatic rings. The minimum atomic E-state index is -1.89. The molecular formula is C18H28N2O6Si. The van der Waals surface area contributed by atoms with Gasteiger partial charge < -0.3 is 20.1 Å². The van der Waals surface area contributed by atoms with Gasteiger partial charge in [0, 0.05) is 11.8 Å². The van der Waals surface area contributed by atoms with Crippen LogP contribution in [0.5, 0.6) is 0 Å². The summed E-state index contributed by atoms with van der Waals surface area (Å²) in [6.45, 7) is 7.10. The van der Waals surface area contributed by atoms with Crippen LogP contribution in [0.25, 0.3) is 0 Å². The first-order chi connectivity index (χ1) is 12.7. The monoisotopic (exact) mass is 396 g/mol. The predicted molar refractivity (Wildman–Crippen MR) is 103 cm³/mol. The SMILES string of the molecule is CC[Si](C#C[C@]1(CO)O[C@@H](n2cc(C)c(=O)[nH]c2=O)[C@H](O)[C@@H]1O)(CC)CC. The first-order valence-electron chi connectivity index (χ1n) is 9.20. The van der Waals surface area contributed by atoms with E-state index >= 15 is 0 Å². The van der Waals surface area contributed by atoms with E-state index < -0.39 is 50.0 Å². The Balaban J connectivity index is 2.49. The Morgan fingerprint density at radius 1 is 1.26 bits per heavy atom. The van der Waals surface area contributed by atoms with E-state index in [4.69, 9.17) is 4.74 Å². The molecule has 0 saturated carbocycles. The van der Waals surface area contributed by atoms with Crippen molar-refractivity contribution in [2.24, 2.45) is 0 Å². The number of nitrogens with zero attached hydrogens (tertiary/aromatic N) is 1. The van der Waals surface area contributed by atoms with Gasteiger partial charge in [-0.05, 0) is 25.1 Å². The third-order valence-corrected chi connectivity index (χ3v) is 10.4. The Morgan fingerprint density at radius 3 is 2.37 bits per heavy atom. The molecule has 0 aromatic carbocycles. The van der Waals surface area contributed by atoms with Gasteiger partial charge in [0.25, 0.3) is 5.56 Å². The van der Waals surface area contributed by atoms with Crippen LogP contribution in [0.3, 0.4) is 0 Å². The fraction of sp³-hybridized carbons (Fsp3) is 0.667. The second-order valence-corrected chi connectivity index (χ2v) is 12.0. The van der Waals surface area contributed by atoms with Gasteiger partial charge in [-0.25, -0.2) is 4.79 Å². The summed E-state index contributed by atoms with van der Waals surface area (Å²) in [6.07, 6.45) is -3.01. The van der Waals surface area contributed by atoms with Gasteiger partial charge in [-0.1, -0.05) is 26.7 Å². The molecule has 1 aromatic heterocycles. The van der Waals surface area contributed by atoms with Gasteiger partial charge in [0.05, 0.1) is 6.61 Å². The van der Waals surface area contributed by atoms with E-state index in [-0.39, 0.29) is 5.56 Å². The van der Waals surface area contributed by atoms with Crippen molar-refractivity contribution >= 4 is 8.07 Å². The van der Waals surface area contributed by atoms with Crippen molar-refractivity contribution in [3.05, 3.63) is 32.6 Å². The number of nitrogens with one attached hydrogen (secondary N) is 1. The van der Waals surface area contributed by atoms with Crippen molar-refractivity contribution in [2.45, 2.75) is 69.9 Å². The average molecular weight is 397 g/mol. The number of aryl methyl sites for hydroxylation is 1. The molecule has 1 fully saturated rings. The number of ether oxygens (including phenoxy) is 1. The molecule has 0 amide bonds. The molecule has 0 radical (unpaired) electrons. The van der Waals surface area contributed by atoms with Gasteiger partial charge in [-0.15, -0.1) is 5.54 Å². The number of hydrogen-bond acceptors (Lipinski definition) is 6. The number of aromatic nitrogens is 2. The lowest BCUT2D eigenvalue weighted by atomic mass is 9.97. The van der Waals surface area contributed by atoms with Crippen LogP contribution in [0.4, 0.5) is 0 Å². The van der Waals surface area contributed by atoms with Crippen molar-refractivity contribution in [3.63, 3.8) is 0 Å². The maximum atomic E-state index is 12.1. The molecule has 2 rings (SSSR count). The number of aromatic amines is 1. The summed E-state index contributed by atoms with van der Waals surface area (Å²) < 4.78 is 6.76. The molecule has 0 spiro atoms. The first kappa shape index (κ1) is 21.6. The van der Waals surface area contributed by atoms with Crippen LogP contribution in [0.2, 0.25) is 18.1 Å². The Hall–Kier alpha value is -1.70. The third-order valence-electron chi connectivity index (χ3n) is 5.65. The molecule has 0 aliphatic carbocycles. The normalized spacial score (nSPS) is 28.0. The number of H-pyrrole nitrogens is 1. The van der Waals surface area contributed by atoms with Crippen LogP contribution in [0.1, 0.15) is 32.6 Å². The predicted octanol–water partition coefficient (Wildman–Crippen LogP) is -0.122. The van der Waals surface area contributed by atoms with Gasteiger partial charge in [0.15, 0.2) is 11.8 Å². The van der Waals surface area contributed by atoms with Crippen molar-refractivity contribution in [3.8, 4) is 11.5 Å². The number of rotatable bonds is 5. The molecule has 8 nitrogen and oxygen atoms in total. The molecule has 1 aliphatic heterocycles. The summed E-state index contributed by atoms with van der Waals surface area (Å²) in [5.41, 5.74) is 0.509. The Morgan fingerprint density at radius 2 is 1.85 bits per heavy atom. The highest BCUT2D eigenvalue weighted by Crippen LogP contribution is 2.36. The van der Waals surface area contributed by atoms with Crippen LogP contribution >= 0.6 is 0 Å². The Labute approximate surface area is 158 Å². The van der Waals surface area contributed by atoms with Gasteiger partial charge >= 0.3 is 5.69 Å². The summed E-state index contributed by atoms with van der Waals surface area (Å²) in [5.74, 6) is 2.91. The first-order valence-corrected chi connectivity index (χ1v) is 11.8. The molecule has 1 aromatic rings. The fourth-order valence-electron chi connectivity index (χ4n) is 3.31. The summed E-state index contributed by atoms with van der Waals surface area (Å²) in [5, 5.41) is 31.0. The van der Waals surface area contributed by atoms with Gasteiger partial charge in [0.1, 0.15) is 20.3 Å². The van der Waals surface area contributed by atoms with Crippen molar-refractivity contribution in [1.29, 1.82) is 0 Å². The molecular weight excluding hydrogens is 368 g/mol. The minimum Gasteiger partial charge on any atom is -0.392 e. The lowest BCUT2D eigenvalue weighted by Gasteiger charge is -2.26. The largest absolute Gasteiger partial charge is 0.392 e. The number of aliphatic hydroxyl groups excluding tert-OH is 3. The van der Waals surface area contributed by atoms with Gasteiger partial charge in [-0.2, -0.15) is 0 Å². The highest BCUT2D eigenvalue weighted by atomic mass is 28.3. The molecule has 4 N–H and O–H groups in total. The van der Waals surface area contributed by atoms with Crippen molar-refractivity contribution in [1.82, 2.24) is 9.55 Å². The molecule has 27 heavy (non-hydrogen) atoms. The standard InChI is InChI=1S/C18H28N2O6Si/c1-5-27(6-2,7-3)9-8-18(11-21)14(23)13(22)16(26-18)20-10-12(4)15(24)19-17(20)25/h10,13-14,16,21-23H,5-7,11H2,1-4H3,(H,19,24,25)/t13-,14+,16-,18-/m1/s1.